The van der Waals surface area contributed by atoms with Gasteiger partial charge in [-0.15, -0.1) is 0 Å². The second kappa shape index (κ2) is 9.70. The third-order valence-electron chi connectivity index (χ3n) is 4.06. The first-order valence-corrected chi connectivity index (χ1v) is 8.92. The van der Waals surface area contributed by atoms with Crippen LogP contribution in [0.15, 0.2) is 29.4 Å². The van der Waals surface area contributed by atoms with Crippen molar-refractivity contribution in [3.8, 4) is 0 Å². The minimum atomic E-state index is -0.223. The molecule has 1 unspecified atom stereocenters. The lowest BCUT2D eigenvalue weighted by atomic mass is 9.94. The molecule has 0 saturated carbocycles. The predicted molar refractivity (Wildman–Crippen MR) is 98.6 cm³/mol. The Morgan fingerprint density at radius 3 is 2.58 bits per heavy atom. The Morgan fingerprint density at radius 2 is 1.92 bits per heavy atom. The van der Waals surface area contributed by atoms with E-state index in [2.05, 4.69) is 15.8 Å². The number of esters is 1. The number of amides is 2. The molecule has 0 aromatic heterocycles. The smallest absolute Gasteiger partial charge is 0.305 e. The van der Waals surface area contributed by atoms with Crippen molar-refractivity contribution in [1.82, 2.24) is 5.43 Å². The van der Waals surface area contributed by atoms with Gasteiger partial charge in [0.05, 0.1) is 12.3 Å². The van der Waals surface area contributed by atoms with Crippen LogP contribution >= 0.6 is 0 Å². The normalized spacial score (nSPS) is 16.5. The number of benzene rings is 1. The summed E-state index contributed by atoms with van der Waals surface area (Å²) in [5.74, 6) is -0.325. The van der Waals surface area contributed by atoms with E-state index in [1.807, 2.05) is 31.2 Å². The summed E-state index contributed by atoms with van der Waals surface area (Å²) in [7, 11) is 0. The Hall–Kier alpha value is -2.70. The second-order valence-corrected chi connectivity index (χ2v) is 6.27. The van der Waals surface area contributed by atoms with Crippen molar-refractivity contribution < 1.29 is 19.1 Å². The monoisotopic (exact) mass is 359 g/mol. The van der Waals surface area contributed by atoms with Gasteiger partial charge in [0.1, 0.15) is 0 Å². The molecule has 7 heteroatoms. The second-order valence-electron chi connectivity index (χ2n) is 6.27. The van der Waals surface area contributed by atoms with Crippen LogP contribution in [-0.2, 0) is 19.1 Å². The average molecular weight is 359 g/mol. The molecule has 1 heterocycles. The maximum absolute atomic E-state index is 12.0. The third-order valence-corrected chi connectivity index (χ3v) is 4.06. The molecule has 7 nitrogen and oxygen atoms in total. The summed E-state index contributed by atoms with van der Waals surface area (Å²) in [4.78, 5) is 34.5. The number of unbranched alkanes of at least 4 members (excludes halogenated alkanes) is 1. The van der Waals surface area contributed by atoms with Crippen LogP contribution in [0.3, 0.4) is 0 Å². The van der Waals surface area contributed by atoms with Gasteiger partial charge in [-0.1, -0.05) is 19.1 Å². The molecule has 2 N–H and O–H groups in total. The number of nitrogens with zero attached hydrogens (tertiary/aromatic N) is 1. The largest absolute Gasteiger partial charge is 0.466 e. The van der Waals surface area contributed by atoms with E-state index in [4.69, 9.17) is 4.74 Å². The number of nitrogens with one attached hydrogen (secondary N) is 2. The highest BCUT2D eigenvalue weighted by Crippen LogP contribution is 2.18. The van der Waals surface area contributed by atoms with E-state index < -0.39 is 0 Å². The van der Waals surface area contributed by atoms with E-state index in [0.29, 0.717) is 44.4 Å². The van der Waals surface area contributed by atoms with Gasteiger partial charge in [-0.25, -0.2) is 5.43 Å². The summed E-state index contributed by atoms with van der Waals surface area (Å²) in [6, 6.07) is 7.39. The molecule has 0 fully saturated rings. The van der Waals surface area contributed by atoms with Gasteiger partial charge < -0.3 is 10.1 Å². The molecule has 1 aromatic rings. The van der Waals surface area contributed by atoms with Gasteiger partial charge in [0.15, 0.2) is 0 Å². The number of ether oxygens (including phenoxy) is 1. The van der Waals surface area contributed by atoms with Gasteiger partial charge in [0.25, 0.3) is 0 Å². The van der Waals surface area contributed by atoms with E-state index in [1.54, 1.807) is 6.92 Å². The topological polar surface area (TPSA) is 96.9 Å². The molecule has 0 bridgehead atoms. The van der Waals surface area contributed by atoms with Gasteiger partial charge >= 0.3 is 5.97 Å². The van der Waals surface area contributed by atoms with Crippen molar-refractivity contribution in [2.75, 3.05) is 11.9 Å². The van der Waals surface area contributed by atoms with Crippen molar-refractivity contribution >= 4 is 29.2 Å². The first-order chi connectivity index (χ1) is 12.5. The predicted octanol–water partition coefficient (Wildman–Crippen LogP) is 2.61. The molecule has 26 heavy (non-hydrogen) atoms. The Labute approximate surface area is 153 Å². The molecule has 1 aliphatic rings. The fraction of sp³-hybridized carbons (Fsp3) is 0.474. The molecular weight excluding hydrogens is 334 g/mol. The minimum Gasteiger partial charge on any atom is -0.466 e. The van der Waals surface area contributed by atoms with Crippen molar-refractivity contribution in [3.05, 3.63) is 29.8 Å². The van der Waals surface area contributed by atoms with E-state index in [1.165, 1.54) is 0 Å². The highest BCUT2D eigenvalue weighted by molar-refractivity contribution is 6.06. The highest BCUT2D eigenvalue weighted by atomic mass is 16.5. The van der Waals surface area contributed by atoms with Gasteiger partial charge in [-0.05, 0) is 37.5 Å². The van der Waals surface area contributed by atoms with Gasteiger partial charge in [0, 0.05) is 30.9 Å². The van der Waals surface area contributed by atoms with Crippen LogP contribution in [0.1, 0.15) is 51.5 Å². The molecule has 140 valence electrons. The molecule has 0 radical (unpaired) electrons. The zero-order valence-corrected chi connectivity index (χ0v) is 15.2. The van der Waals surface area contributed by atoms with Gasteiger partial charge in [0.2, 0.25) is 11.8 Å². The highest BCUT2D eigenvalue weighted by Gasteiger charge is 2.21. The number of hydrazone groups is 1. The molecule has 1 aromatic carbocycles. The van der Waals surface area contributed by atoms with E-state index in [9.17, 15) is 14.4 Å². The SMILES string of the molecule is CCOC(=O)CCCCC(=O)Nc1ccc(C2=NNC(=O)CC2C)cc1. The number of carbonyl (C=O) groups excluding carboxylic acids is 3. The van der Waals surface area contributed by atoms with Crippen LogP contribution in [-0.4, -0.2) is 30.1 Å². The number of rotatable bonds is 8. The lowest BCUT2D eigenvalue weighted by Gasteiger charge is -2.19. The third kappa shape index (κ3) is 5.98. The minimum absolute atomic E-state index is 0.0589. The zero-order valence-electron chi connectivity index (χ0n) is 15.2. The number of hydrogen-bond donors (Lipinski definition) is 2. The summed E-state index contributed by atoms with van der Waals surface area (Å²) in [5, 5.41) is 6.96. The van der Waals surface area contributed by atoms with E-state index in [0.717, 1.165) is 11.3 Å². The molecule has 1 aliphatic heterocycles. The summed E-state index contributed by atoms with van der Waals surface area (Å²) in [5.41, 5.74) is 4.96. The quantitative estimate of drug-likeness (QED) is 0.551. The van der Waals surface area contributed by atoms with Crippen LogP contribution in [0.4, 0.5) is 5.69 Å². The van der Waals surface area contributed by atoms with Gasteiger partial charge in [-0.3, -0.25) is 14.4 Å². The molecule has 0 spiro atoms. The molecule has 2 amide bonds. The molecular formula is C19H25N3O4. The Bertz CT molecular complexity index is 683. The fourth-order valence-electron chi connectivity index (χ4n) is 2.74. The first-order valence-electron chi connectivity index (χ1n) is 8.92. The Balaban J connectivity index is 1.79. The van der Waals surface area contributed by atoms with Crippen molar-refractivity contribution in [2.45, 2.75) is 46.0 Å². The van der Waals surface area contributed by atoms with Crippen LogP contribution in [0.2, 0.25) is 0 Å². The van der Waals surface area contributed by atoms with Crippen LogP contribution in [0.25, 0.3) is 0 Å². The first kappa shape index (κ1) is 19.6. The Morgan fingerprint density at radius 1 is 1.23 bits per heavy atom. The summed E-state index contributed by atoms with van der Waals surface area (Å²) < 4.78 is 4.85. The Kier molecular flexibility index (Phi) is 7.32. The van der Waals surface area contributed by atoms with Gasteiger partial charge in [-0.2, -0.15) is 5.10 Å². The van der Waals surface area contributed by atoms with Crippen molar-refractivity contribution in [2.24, 2.45) is 11.0 Å². The van der Waals surface area contributed by atoms with E-state index in [-0.39, 0.29) is 23.7 Å². The number of hydrogen-bond acceptors (Lipinski definition) is 5. The van der Waals surface area contributed by atoms with E-state index >= 15 is 0 Å². The standard InChI is InChI=1S/C19H25N3O4/c1-3-26-18(25)7-5-4-6-16(23)20-15-10-8-14(9-11-15)19-13(2)12-17(24)21-22-19/h8-11,13H,3-7,12H2,1-2H3,(H,20,23)(H,21,24). The summed E-state index contributed by atoms with van der Waals surface area (Å²) in [6.45, 7) is 4.12. The van der Waals surface area contributed by atoms with Crippen molar-refractivity contribution in [3.63, 3.8) is 0 Å². The van der Waals surface area contributed by atoms with Crippen LogP contribution in [0.5, 0.6) is 0 Å². The lowest BCUT2D eigenvalue weighted by Crippen LogP contribution is -2.31. The number of carbonyl (C=O) groups is 3. The number of anilines is 1. The summed E-state index contributed by atoms with van der Waals surface area (Å²) >= 11 is 0. The molecule has 1 atom stereocenters. The maximum Gasteiger partial charge on any atom is 0.305 e. The van der Waals surface area contributed by atoms with Crippen molar-refractivity contribution in [1.29, 1.82) is 0 Å². The summed E-state index contributed by atoms with van der Waals surface area (Å²) in [6.07, 6.45) is 2.39. The fourth-order valence-corrected chi connectivity index (χ4v) is 2.74. The lowest BCUT2D eigenvalue weighted by molar-refractivity contribution is -0.143. The maximum atomic E-state index is 12.0. The molecule has 0 aliphatic carbocycles. The molecule has 2 rings (SSSR count). The zero-order chi connectivity index (χ0) is 18.9. The van der Waals surface area contributed by atoms with Crippen LogP contribution in [0, 0.1) is 5.92 Å². The molecule has 0 saturated heterocycles. The van der Waals surface area contributed by atoms with Crippen LogP contribution < -0.4 is 10.7 Å². The average Bonchev–Trinajstić information content (AvgIpc) is 2.60.